The van der Waals surface area contributed by atoms with Crippen molar-refractivity contribution in [3.8, 4) is 0 Å². The van der Waals surface area contributed by atoms with E-state index in [1.54, 1.807) is 17.8 Å². The van der Waals surface area contributed by atoms with Gasteiger partial charge in [0, 0.05) is 26.6 Å². The molecular formula is C14H19NO5. The third kappa shape index (κ3) is 3.69. The van der Waals surface area contributed by atoms with Crippen molar-refractivity contribution in [3.05, 3.63) is 23.0 Å². The van der Waals surface area contributed by atoms with E-state index in [1.807, 2.05) is 0 Å². The maximum absolute atomic E-state index is 11.7. The Morgan fingerprint density at radius 2 is 1.75 bits per heavy atom. The number of aryl methyl sites for hydroxylation is 2. The highest BCUT2D eigenvalue weighted by Gasteiger charge is 2.20. The molecule has 0 aromatic carbocycles. The fourth-order valence-electron chi connectivity index (χ4n) is 2.17. The van der Waals surface area contributed by atoms with Gasteiger partial charge in [-0.05, 0) is 17.5 Å². The van der Waals surface area contributed by atoms with Crippen LogP contribution in [0.3, 0.4) is 0 Å². The summed E-state index contributed by atoms with van der Waals surface area (Å²) in [6.07, 6.45) is 2.40. The molecule has 1 heterocycles. The molecule has 20 heavy (non-hydrogen) atoms. The number of hydrogen-bond donors (Lipinski definition) is 0. The molecule has 0 atom stereocenters. The summed E-state index contributed by atoms with van der Waals surface area (Å²) in [5, 5.41) is 0. The Morgan fingerprint density at radius 3 is 2.25 bits per heavy atom. The van der Waals surface area contributed by atoms with E-state index in [0.717, 1.165) is 5.56 Å². The summed E-state index contributed by atoms with van der Waals surface area (Å²) >= 11 is 0. The van der Waals surface area contributed by atoms with E-state index in [9.17, 15) is 14.4 Å². The molecule has 110 valence electrons. The van der Waals surface area contributed by atoms with E-state index >= 15 is 0 Å². The normalized spacial score (nSPS) is 10.2. The molecule has 0 N–H and O–H groups in total. The molecule has 0 aliphatic rings. The zero-order valence-electron chi connectivity index (χ0n) is 12.2. The predicted octanol–water partition coefficient (Wildman–Crippen LogP) is 1.05. The third-order valence-electron chi connectivity index (χ3n) is 3.08. The van der Waals surface area contributed by atoms with Gasteiger partial charge in [0.1, 0.15) is 0 Å². The van der Waals surface area contributed by atoms with E-state index in [0.29, 0.717) is 17.7 Å². The molecule has 1 aromatic rings. The third-order valence-corrected chi connectivity index (χ3v) is 3.08. The molecule has 0 unspecified atom stereocenters. The Labute approximate surface area is 117 Å². The lowest BCUT2D eigenvalue weighted by Crippen LogP contribution is -2.11. The van der Waals surface area contributed by atoms with Crippen LogP contribution in [0.5, 0.6) is 0 Å². The van der Waals surface area contributed by atoms with Crippen molar-refractivity contribution < 1.29 is 23.9 Å². The average Bonchev–Trinajstić information content (AvgIpc) is 2.71. The maximum atomic E-state index is 11.7. The number of Topliss-reactive ketones (excluding diaryl/α,β-unsaturated/α-hetero) is 1. The number of nitrogens with zero attached hydrogens (tertiary/aromatic N) is 1. The lowest BCUT2D eigenvalue weighted by molar-refractivity contribution is -0.140. The summed E-state index contributed by atoms with van der Waals surface area (Å²) in [5.41, 5.74) is 1.87. The van der Waals surface area contributed by atoms with Gasteiger partial charge in [-0.1, -0.05) is 0 Å². The number of carbonyl (C=O) groups is 3. The Morgan fingerprint density at radius 1 is 1.15 bits per heavy atom. The van der Waals surface area contributed by atoms with Crippen molar-refractivity contribution in [2.24, 2.45) is 7.05 Å². The highest BCUT2D eigenvalue weighted by molar-refractivity contribution is 5.95. The Kier molecular flexibility index (Phi) is 5.49. The van der Waals surface area contributed by atoms with Crippen LogP contribution in [0.15, 0.2) is 6.20 Å². The van der Waals surface area contributed by atoms with E-state index in [4.69, 9.17) is 0 Å². The van der Waals surface area contributed by atoms with Gasteiger partial charge in [-0.15, -0.1) is 0 Å². The molecule has 0 amide bonds. The van der Waals surface area contributed by atoms with Crippen molar-refractivity contribution in [3.63, 3.8) is 0 Å². The molecule has 1 aromatic heterocycles. The smallest absolute Gasteiger partial charge is 0.310 e. The van der Waals surface area contributed by atoms with Crippen LogP contribution in [0.4, 0.5) is 0 Å². The van der Waals surface area contributed by atoms with Crippen molar-refractivity contribution in [2.75, 3.05) is 14.2 Å². The van der Waals surface area contributed by atoms with Crippen LogP contribution in [-0.2, 0) is 39.0 Å². The van der Waals surface area contributed by atoms with Gasteiger partial charge in [0.05, 0.1) is 26.3 Å². The number of carbonyl (C=O) groups excluding carboxylic acids is 3. The van der Waals surface area contributed by atoms with Gasteiger partial charge in [-0.2, -0.15) is 0 Å². The summed E-state index contributed by atoms with van der Waals surface area (Å²) in [7, 11) is 4.36. The SMILES string of the molecule is COC(=O)CCc1cn(C)c(C(C)=O)c1CC(=O)OC. The van der Waals surface area contributed by atoms with Gasteiger partial charge in [0.15, 0.2) is 5.78 Å². The minimum atomic E-state index is -0.419. The summed E-state index contributed by atoms with van der Waals surface area (Å²) in [6.45, 7) is 1.44. The first-order valence-corrected chi connectivity index (χ1v) is 6.22. The van der Waals surface area contributed by atoms with Gasteiger partial charge in [-0.25, -0.2) is 0 Å². The quantitative estimate of drug-likeness (QED) is 0.575. The van der Waals surface area contributed by atoms with E-state index in [1.165, 1.54) is 21.1 Å². The molecule has 0 radical (unpaired) electrons. The predicted molar refractivity (Wildman–Crippen MR) is 71.5 cm³/mol. The number of aromatic nitrogens is 1. The maximum Gasteiger partial charge on any atom is 0.310 e. The second-order valence-electron chi connectivity index (χ2n) is 4.48. The fourth-order valence-corrected chi connectivity index (χ4v) is 2.17. The molecule has 0 fully saturated rings. The van der Waals surface area contributed by atoms with E-state index < -0.39 is 5.97 Å². The van der Waals surface area contributed by atoms with Crippen molar-refractivity contribution in [1.29, 1.82) is 0 Å². The van der Waals surface area contributed by atoms with Crippen LogP contribution in [0.1, 0.15) is 35.0 Å². The average molecular weight is 281 g/mol. The Balaban J connectivity index is 3.09. The molecule has 0 aliphatic carbocycles. The highest BCUT2D eigenvalue weighted by Crippen LogP contribution is 2.20. The van der Waals surface area contributed by atoms with Gasteiger partial charge in [-0.3, -0.25) is 14.4 Å². The summed E-state index contributed by atoms with van der Waals surface area (Å²) in [6, 6.07) is 0. The van der Waals surface area contributed by atoms with Gasteiger partial charge in [0.2, 0.25) is 0 Å². The summed E-state index contributed by atoms with van der Waals surface area (Å²) < 4.78 is 10.9. The summed E-state index contributed by atoms with van der Waals surface area (Å²) in [5.74, 6) is -0.879. The topological polar surface area (TPSA) is 74.6 Å². The van der Waals surface area contributed by atoms with Crippen LogP contribution < -0.4 is 0 Å². The monoisotopic (exact) mass is 281 g/mol. The second-order valence-corrected chi connectivity index (χ2v) is 4.48. The van der Waals surface area contributed by atoms with Gasteiger partial charge < -0.3 is 14.0 Å². The molecule has 0 bridgehead atoms. The van der Waals surface area contributed by atoms with E-state index in [-0.39, 0.29) is 24.6 Å². The van der Waals surface area contributed by atoms with Gasteiger partial charge >= 0.3 is 11.9 Å². The van der Waals surface area contributed by atoms with Crippen LogP contribution in [0.25, 0.3) is 0 Å². The molecule has 6 heteroatoms. The zero-order valence-corrected chi connectivity index (χ0v) is 12.2. The first kappa shape index (κ1) is 15.9. The van der Waals surface area contributed by atoms with Crippen molar-refractivity contribution >= 4 is 17.7 Å². The number of ether oxygens (including phenoxy) is 2. The highest BCUT2D eigenvalue weighted by atomic mass is 16.5. The molecule has 0 saturated heterocycles. The number of rotatable bonds is 6. The first-order valence-electron chi connectivity index (χ1n) is 6.22. The van der Waals surface area contributed by atoms with Crippen LogP contribution >= 0.6 is 0 Å². The number of methoxy groups -OCH3 is 2. The Bertz CT molecular complexity index is 530. The number of ketones is 1. The lowest BCUT2D eigenvalue weighted by Gasteiger charge is -2.05. The molecule has 0 aliphatic heterocycles. The van der Waals surface area contributed by atoms with E-state index in [2.05, 4.69) is 9.47 Å². The standard InChI is InChI=1S/C14H19NO5/c1-9(16)14-11(7-13(18)20-4)10(8-15(14)2)5-6-12(17)19-3/h8H,5-7H2,1-4H3. The molecule has 6 nitrogen and oxygen atoms in total. The van der Waals surface area contributed by atoms with Crippen molar-refractivity contribution in [2.45, 2.75) is 26.2 Å². The molecule has 0 spiro atoms. The molecule has 1 rings (SSSR count). The lowest BCUT2D eigenvalue weighted by atomic mass is 10.0. The minimum absolute atomic E-state index is 0.0166. The van der Waals surface area contributed by atoms with Crippen LogP contribution in [-0.4, -0.2) is 36.5 Å². The summed E-state index contributed by atoms with van der Waals surface area (Å²) in [4.78, 5) is 34.4. The fraction of sp³-hybridized carbons (Fsp3) is 0.500. The molecule has 0 saturated carbocycles. The van der Waals surface area contributed by atoms with Crippen LogP contribution in [0, 0.1) is 0 Å². The zero-order chi connectivity index (χ0) is 15.3. The van der Waals surface area contributed by atoms with Crippen molar-refractivity contribution in [1.82, 2.24) is 4.57 Å². The number of esters is 2. The molecular weight excluding hydrogens is 262 g/mol. The number of hydrogen-bond acceptors (Lipinski definition) is 5. The minimum Gasteiger partial charge on any atom is -0.469 e. The Hall–Kier alpha value is -2.11. The first-order chi connectivity index (χ1) is 9.40. The second kappa shape index (κ2) is 6.88. The van der Waals surface area contributed by atoms with Crippen LogP contribution in [0.2, 0.25) is 0 Å². The largest absolute Gasteiger partial charge is 0.469 e. The van der Waals surface area contributed by atoms with Gasteiger partial charge in [0.25, 0.3) is 0 Å².